The summed E-state index contributed by atoms with van der Waals surface area (Å²) in [6.45, 7) is 5.71. The fraction of sp³-hybridized carbons (Fsp3) is 0.265. The van der Waals surface area contributed by atoms with Crippen LogP contribution in [0.15, 0.2) is 115 Å². The lowest BCUT2D eigenvalue weighted by Gasteiger charge is -2.46. The number of aryl methyl sites for hydroxylation is 1. The van der Waals surface area contributed by atoms with Gasteiger partial charge in [-0.25, -0.2) is 5.06 Å². The lowest BCUT2D eigenvalue weighted by molar-refractivity contribution is -0.140. The Bertz CT molecular complexity index is 1370. The van der Waals surface area contributed by atoms with E-state index in [2.05, 4.69) is 97.6 Å². The smallest absolute Gasteiger partial charge is 0.147 e. The molecule has 38 heavy (non-hydrogen) atoms. The molecule has 4 heteroatoms. The highest BCUT2D eigenvalue weighted by atomic mass is 16.7. The van der Waals surface area contributed by atoms with E-state index < -0.39 is 11.5 Å². The molecule has 4 atom stereocenters. The van der Waals surface area contributed by atoms with Gasteiger partial charge in [-0.15, -0.1) is 0 Å². The Balaban J connectivity index is 1.53. The van der Waals surface area contributed by atoms with Crippen LogP contribution in [-0.2, 0) is 9.63 Å². The van der Waals surface area contributed by atoms with Gasteiger partial charge in [0.2, 0.25) is 0 Å². The third-order valence-corrected chi connectivity index (χ3v) is 8.36. The molecule has 0 radical (unpaired) electrons. The number of ketones is 1. The number of nitrogens with zero attached hydrogens (tertiary/aromatic N) is 2. The lowest BCUT2D eigenvalue weighted by Crippen LogP contribution is -2.54. The normalized spacial score (nSPS) is 24.6. The number of carbonyl (C=O) groups excluding carboxylic acids is 1. The fourth-order valence-electron chi connectivity index (χ4n) is 6.30. The topological polar surface area (TPSA) is 32.8 Å². The first-order valence-corrected chi connectivity index (χ1v) is 13.5. The number of benzene rings is 4. The van der Waals surface area contributed by atoms with Crippen LogP contribution in [0.5, 0.6) is 0 Å². The van der Waals surface area contributed by atoms with Crippen molar-refractivity contribution in [3.8, 4) is 0 Å². The van der Waals surface area contributed by atoms with Crippen LogP contribution in [-0.4, -0.2) is 23.8 Å². The van der Waals surface area contributed by atoms with Crippen molar-refractivity contribution in [1.29, 1.82) is 0 Å². The molecule has 4 aromatic rings. The number of hydroxylamine groups is 1. The molecule has 2 unspecified atom stereocenters. The molecule has 4 aromatic carbocycles. The summed E-state index contributed by atoms with van der Waals surface area (Å²) in [5.74, 6) is 0.270. The van der Waals surface area contributed by atoms with Gasteiger partial charge in [0.25, 0.3) is 0 Å². The van der Waals surface area contributed by atoms with Crippen molar-refractivity contribution in [3.63, 3.8) is 0 Å². The first kappa shape index (κ1) is 24.6. The standard InChI is InChI=1S/C34H34N2O2/c1-25-18-20-28(21-19-25)32-34(24-35(23-22-31(34)37)26(2)27-12-6-3-7-13-27)33(29-14-8-4-9-15-29)38-36(32)30-16-10-5-11-17-30/h3-21,26,32-33H,22-24H2,1-2H3/t26?,32-,33-,34?/m1/s1. The summed E-state index contributed by atoms with van der Waals surface area (Å²) in [7, 11) is 0. The Morgan fingerprint density at radius 1 is 0.789 bits per heavy atom. The highest BCUT2D eigenvalue weighted by Crippen LogP contribution is 2.59. The fourth-order valence-corrected chi connectivity index (χ4v) is 6.30. The number of Topliss-reactive ketones (excluding diaryl/α,β-unsaturated/α-hetero) is 1. The van der Waals surface area contributed by atoms with Crippen molar-refractivity contribution in [2.24, 2.45) is 5.41 Å². The van der Waals surface area contributed by atoms with Gasteiger partial charge in [-0.05, 0) is 42.7 Å². The van der Waals surface area contributed by atoms with Crippen LogP contribution in [0, 0.1) is 12.3 Å². The van der Waals surface area contributed by atoms with Gasteiger partial charge in [-0.1, -0.05) is 109 Å². The number of para-hydroxylation sites is 1. The van der Waals surface area contributed by atoms with Crippen molar-refractivity contribution in [3.05, 3.63) is 138 Å². The summed E-state index contributed by atoms with van der Waals surface area (Å²) in [5, 5.41) is 2.01. The predicted octanol–water partition coefficient (Wildman–Crippen LogP) is 7.25. The average Bonchev–Trinajstić information content (AvgIpc) is 3.31. The molecule has 2 aliphatic rings. The summed E-state index contributed by atoms with van der Waals surface area (Å²) in [6, 6.07) is 39.6. The maximum atomic E-state index is 14.4. The number of piperidine rings is 1. The van der Waals surface area contributed by atoms with E-state index in [-0.39, 0.29) is 17.9 Å². The molecule has 1 spiro atoms. The van der Waals surface area contributed by atoms with Crippen LogP contribution in [0.25, 0.3) is 0 Å². The van der Waals surface area contributed by atoms with Crippen molar-refractivity contribution in [1.82, 2.24) is 4.90 Å². The number of likely N-dealkylation sites (tertiary alicyclic amines) is 1. The predicted molar refractivity (Wildman–Crippen MR) is 152 cm³/mol. The Kier molecular flexibility index (Phi) is 6.61. The molecular weight excluding hydrogens is 468 g/mol. The maximum Gasteiger partial charge on any atom is 0.147 e. The number of hydrogen-bond donors (Lipinski definition) is 0. The Morgan fingerprint density at radius 2 is 1.39 bits per heavy atom. The van der Waals surface area contributed by atoms with Gasteiger partial charge in [0.15, 0.2) is 0 Å². The highest BCUT2D eigenvalue weighted by molar-refractivity contribution is 5.89. The van der Waals surface area contributed by atoms with Gasteiger partial charge < -0.3 is 0 Å². The van der Waals surface area contributed by atoms with Gasteiger partial charge in [-0.3, -0.25) is 14.5 Å². The molecule has 2 fully saturated rings. The molecule has 0 amide bonds. The zero-order chi connectivity index (χ0) is 26.1. The number of anilines is 1. The molecule has 0 aliphatic carbocycles. The molecular formula is C34H34N2O2. The Morgan fingerprint density at radius 3 is 2.05 bits per heavy atom. The number of rotatable bonds is 5. The lowest BCUT2D eigenvalue weighted by atomic mass is 9.65. The molecule has 4 nitrogen and oxygen atoms in total. The summed E-state index contributed by atoms with van der Waals surface area (Å²) in [6.07, 6.45) is 0.0861. The third kappa shape index (κ3) is 4.24. The highest BCUT2D eigenvalue weighted by Gasteiger charge is 2.63. The maximum absolute atomic E-state index is 14.4. The summed E-state index contributed by atoms with van der Waals surface area (Å²) in [5.41, 5.74) is 4.76. The second-order valence-electron chi connectivity index (χ2n) is 10.6. The molecule has 0 aromatic heterocycles. The van der Waals surface area contributed by atoms with E-state index in [4.69, 9.17) is 4.84 Å². The zero-order valence-electron chi connectivity index (χ0n) is 22.0. The van der Waals surface area contributed by atoms with Crippen LogP contribution in [0.1, 0.15) is 53.8 Å². The van der Waals surface area contributed by atoms with Crippen LogP contribution >= 0.6 is 0 Å². The second kappa shape index (κ2) is 10.2. The number of hydrogen-bond acceptors (Lipinski definition) is 4. The van der Waals surface area contributed by atoms with Crippen LogP contribution < -0.4 is 5.06 Å². The Hall–Kier alpha value is -3.73. The molecule has 0 bridgehead atoms. The van der Waals surface area contributed by atoms with Crippen molar-refractivity contribution >= 4 is 11.5 Å². The summed E-state index contributed by atoms with van der Waals surface area (Å²) in [4.78, 5) is 23.8. The molecule has 6 rings (SSSR count). The van der Waals surface area contributed by atoms with E-state index in [1.165, 1.54) is 11.1 Å². The average molecular weight is 503 g/mol. The Labute approximate surface area is 225 Å². The summed E-state index contributed by atoms with van der Waals surface area (Å²) < 4.78 is 0. The quantitative estimate of drug-likeness (QED) is 0.288. The minimum Gasteiger partial charge on any atom is -0.299 e. The van der Waals surface area contributed by atoms with Crippen molar-refractivity contribution < 1.29 is 9.63 Å². The number of carbonyl (C=O) groups is 1. The molecule has 192 valence electrons. The van der Waals surface area contributed by atoms with E-state index in [0.717, 1.165) is 23.4 Å². The van der Waals surface area contributed by atoms with Gasteiger partial charge in [0.1, 0.15) is 17.3 Å². The largest absolute Gasteiger partial charge is 0.299 e. The minimum absolute atomic E-state index is 0.182. The minimum atomic E-state index is -0.784. The van der Waals surface area contributed by atoms with E-state index in [0.29, 0.717) is 13.0 Å². The van der Waals surface area contributed by atoms with Crippen LogP contribution in [0.4, 0.5) is 5.69 Å². The van der Waals surface area contributed by atoms with Gasteiger partial charge in [0, 0.05) is 25.6 Å². The molecule has 2 heterocycles. The van der Waals surface area contributed by atoms with Gasteiger partial charge >= 0.3 is 0 Å². The van der Waals surface area contributed by atoms with Crippen LogP contribution in [0.3, 0.4) is 0 Å². The summed E-state index contributed by atoms with van der Waals surface area (Å²) >= 11 is 0. The van der Waals surface area contributed by atoms with Crippen molar-refractivity contribution in [2.45, 2.75) is 38.5 Å². The zero-order valence-corrected chi connectivity index (χ0v) is 22.0. The van der Waals surface area contributed by atoms with E-state index in [1.807, 2.05) is 41.5 Å². The third-order valence-electron chi connectivity index (χ3n) is 8.36. The van der Waals surface area contributed by atoms with Crippen LogP contribution in [0.2, 0.25) is 0 Å². The van der Waals surface area contributed by atoms with E-state index >= 15 is 0 Å². The molecule has 0 N–H and O–H groups in total. The first-order chi connectivity index (χ1) is 18.6. The molecule has 0 saturated carbocycles. The van der Waals surface area contributed by atoms with Gasteiger partial charge in [-0.2, -0.15) is 0 Å². The van der Waals surface area contributed by atoms with Crippen molar-refractivity contribution in [2.75, 3.05) is 18.2 Å². The molecule has 2 saturated heterocycles. The van der Waals surface area contributed by atoms with E-state index in [9.17, 15) is 4.79 Å². The van der Waals surface area contributed by atoms with Gasteiger partial charge in [0.05, 0.1) is 11.7 Å². The first-order valence-electron chi connectivity index (χ1n) is 13.5. The second-order valence-corrected chi connectivity index (χ2v) is 10.6. The monoisotopic (exact) mass is 502 g/mol. The molecule has 2 aliphatic heterocycles. The van der Waals surface area contributed by atoms with E-state index in [1.54, 1.807) is 0 Å². The SMILES string of the molecule is Cc1ccc([C@H]2N(c3ccccc3)O[C@H](c3ccccc3)C23CN(C(C)c2ccccc2)CCC3=O)cc1.